The van der Waals surface area contributed by atoms with Crippen LogP contribution in [0.3, 0.4) is 0 Å². The van der Waals surface area contributed by atoms with Crippen molar-refractivity contribution in [2.75, 3.05) is 23.7 Å². The third-order valence-electron chi connectivity index (χ3n) is 3.36. The van der Waals surface area contributed by atoms with Gasteiger partial charge in [0.05, 0.1) is 22.7 Å². The lowest BCUT2D eigenvalue weighted by atomic mass is 10.1. The Bertz CT molecular complexity index is 605. The molecule has 0 bridgehead atoms. The molecule has 0 saturated carbocycles. The Morgan fingerprint density at radius 3 is 3.00 bits per heavy atom. The minimum atomic E-state index is -0.157. The lowest BCUT2D eigenvalue weighted by Gasteiger charge is -2.41. The van der Waals surface area contributed by atoms with Gasteiger partial charge in [-0.1, -0.05) is 0 Å². The molecule has 3 N–H and O–H groups in total. The van der Waals surface area contributed by atoms with E-state index >= 15 is 0 Å². The fourth-order valence-corrected chi connectivity index (χ4v) is 2.78. The molecule has 1 fully saturated rings. The number of nitrogens with zero attached hydrogens (tertiary/aromatic N) is 2. The summed E-state index contributed by atoms with van der Waals surface area (Å²) in [6.45, 7) is 7.98. The number of nitrogens with two attached hydrogens (primary N) is 1. The summed E-state index contributed by atoms with van der Waals surface area (Å²) in [6.07, 6.45) is 0.196. The lowest BCUT2D eigenvalue weighted by Crippen LogP contribution is -2.52. The van der Waals surface area contributed by atoms with E-state index in [-0.39, 0.29) is 11.7 Å². The SMILES string of the molecule is CC1CN(c2nc3ccc(N)cc3[nH]2)CC(C)(C)O1. The Morgan fingerprint density at radius 1 is 1.47 bits per heavy atom. The quantitative estimate of drug-likeness (QED) is 0.771. The number of rotatable bonds is 1. The number of hydrogen-bond acceptors (Lipinski definition) is 4. The van der Waals surface area contributed by atoms with Gasteiger partial charge in [0.15, 0.2) is 0 Å². The Balaban J connectivity index is 1.95. The molecule has 102 valence electrons. The minimum Gasteiger partial charge on any atom is -0.399 e. The highest BCUT2D eigenvalue weighted by atomic mass is 16.5. The number of morpholine rings is 1. The van der Waals surface area contributed by atoms with Crippen LogP contribution in [-0.2, 0) is 4.74 Å². The maximum absolute atomic E-state index is 5.92. The normalized spacial score (nSPS) is 22.9. The first-order valence-corrected chi connectivity index (χ1v) is 6.61. The van der Waals surface area contributed by atoms with E-state index in [1.807, 2.05) is 18.2 Å². The van der Waals surface area contributed by atoms with E-state index in [1.54, 1.807) is 0 Å². The van der Waals surface area contributed by atoms with E-state index in [9.17, 15) is 0 Å². The molecule has 19 heavy (non-hydrogen) atoms. The van der Waals surface area contributed by atoms with Crippen LogP contribution in [0, 0.1) is 0 Å². The zero-order chi connectivity index (χ0) is 13.6. The second-order valence-corrected chi connectivity index (χ2v) is 5.91. The van der Waals surface area contributed by atoms with Gasteiger partial charge >= 0.3 is 0 Å². The van der Waals surface area contributed by atoms with Crippen LogP contribution in [0.15, 0.2) is 18.2 Å². The molecule has 5 heteroatoms. The molecule has 2 aromatic rings. The van der Waals surface area contributed by atoms with Crippen LogP contribution in [0.1, 0.15) is 20.8 Å². The van der Waals surface area contributed by atoms with Gasteiger partial charge in [-0.25, -0.2) is 4.98 Å². The van der Waals surface area contributed by atoms with Crippen molar-refractivity contribution in [1.29, 1.82) is 0 Å². The van der Waals surface area contributed by atoms with E-state index in [1.165, 1.54) is 0 Å². The molecule has 1 atom stereocenters. The maximum atomic E-state index is 5.92. The van der Waals surface area contributed by atoms with E-state index in [4.69, 9.17) is 10.5 Å². The Labute approximate surface area is 112 Å². The fourth-order valence-electron chi connectivity index (χ4n) is 2.78. The molecule has 0 aliphatic carbocycles. The number of benzene rings is 1. The zero-order valence-corrected chi connectivity index (χ0v) is 11.6. The molecular formula is C14H20N4O. The summed E-state index contributed by atoms with van der Waals surface area (Å²) < 4.78 is 5.92. The average molecular weight is 260 g/mol. The number of fused-ring (bicyclic) bond motifs is 1. The third kappa shape index (κ3) is 2.38. The van der Waals surface area contributed by atoms with Crippen molar-refractivity contribution in [3.63, 3.8) is 0 Å². The number of aromatic nitrogens is 2. The van der Waals surface area contributed by atoms with Crippen LogP contribution in [0.4, 0.5) is 11.6 Å². The number of aromatic amines is 1. The Morgan fingerprint density at radius 2 is 2.26 bits per heavy atom. The summed E-state index contributed by atoms with van der Waals surface area (Å²) >= 11 is 0. The van der Waals surface area contributed by atoms with E-state index in [0.29, 0.717) is 0 Å². The number of anilines is 2. The highest BCUT2D eigenvalue weighted by Crippen LogP contribution is 2.26. The van der Waals surface area contributed by atoms with Crippen molar-refractivity contribution in [1.82, 2.24) is 9.97 Å². The van der Waals surface area contributed by atoms with E-state index in [0.717, 1.165) is 35.8 Å². The number of hydrogen-bond donors (Lipinski definition) is 2. The smallest absolute Gasteiger partial charge is 0.204 e. The molecule has 0 radical (unpaired) electrons. The van der Waals surface area contributed by atoms with Gasteiger partial charge < -0.3 is 20.4 Å². The van der Waals surface area contributed by atoms with Gasteiger partial charge in [-0.3, -0.25) is 0 Å². The first-order chi connectivity index (χ1) is 8.93. The van der Waals surface area contributed by atoms with Gasteiger partial charge in [-0.05, 0) is 39.0 Å². The van der Waals surface area contributed by atoms with Crippen LogP contribution >= 0.6 is 0 Å². The maximum Gasteiger partial charge on any atom is 0.204 e. The first-order valence-electron chi connectivity index (χ1n) is 6.61. The number of H-pyrrole nitrogens is 1. The van der Waals surface area contributed by atoms with Crippen LogP contribution in [0.2, 0.25) is 0 Å². The molecule has 1 aliphatic rings. The van der Waals surface area contributed by atoms with Crippen molar-refractivity contribution < 1.29 is 4.74 Å². The molecule has 0 amide bonds. The number of nitrogens with one attached hydrogen (secondary N) is 1. The van der Waals surface area contributed by atoms with Crippen molar-refractivity contribution in [2.45, 2.75) is 32.5 Å². The molecular weight excluding hydrogens is 240 g/mol. The molecule has 1 aromatic heterocycles. The van der Waals surface area contributed by atoms with Crippen molar-refractivity contribution in [3.8, 4) is 0 Å². The van der Waals surface area contributed by atoms with Crippen molar-refractivity contribution >= 4 is 22.7 Å². The highest BCUT2D eigenvalue weighted by Gasteiger charge is 2.32. The van der Waals surface area contributed by atoms with Crippen molar-refractivity contribution in [3.05, 3.63) is 18.2 Å². The summed E-state index contributed by atoms with van der Waals surface area (Å²) in [5, 5.41) is 0. The summed E-state index contributed by atoms with van der Waals surface area (Å²) in [6, 6.07) is 5.74. The minimum absolute atomic E-state index is 0.157. The topological polar surface area (TPSA) is 67.2 Å². The molecule has 3 rings (SSSR count). The molecule has 2 heterocycles. The standard InChI is InChI=1S/C14H20N4O/c1-9-7-18(8-14(2,3)19-9)13-16-11-5-4-10(15)6-12(11)17-13/h4-6,9H,7-8,15H2,1-3H3,(H,16,17). The second kappa shape index (κ2) is 4.13. The molecule has 1 saturated heterocycles. The number of ether oxygens (including phenoxy) is 1. The molecule has 1 aromatic carbocycles. The van der Waals surface area contributed by atoms with Crippen LogP contribution in [0.5, 0.6) is 0 Å². The van der Waals surface area contributed by atoms with Crippen LogP contribution < -0.4 is 10.6 Å². The number of imidazole rings is 1. The van der Waals surface area contributed by atoms with Gasteiger partial charge in [-0.15, -0.1) is 0 Å². The van der Waals surface area contributed by atoms with Gasteiger partial charge in [0.25, 0.3) is 0 Å². The first kappa shape index (κ1) is 12.3. The lowest BCUT2D eigenvalue weighted by molar-refractivity contribution is -0.0753. The predicted octanol–water partition coefficient (Wildman–Crippen LogP) is 2.15. The molecule has 0 spiro atoms. The summed E-state index contributed by atoms with van der Waals surface area (Å²) in [4.78, 5) is 10.2. The largest absolute Gasteiger partial charge is 0.399 e. The summed E-state index contributed by atoms with van der Waals surface area (Å²) in [7, 11) is 0. The van der Waals surface area contributed by atoms with E-state index in [2.05, 4.69) is 35.6 Å². The Kier molecular flexibility index (Phi) is 2.67. The summed E-state index contributed by atoms with van der Waals surface area (Å²) in [5.74, 6) is 0.892. The van der Waals surface area contributed by atoms with Gasteiger partial charge in [-0.2, -0.15) is 0 Å². The molecule has 1 unspecified atom stereocenters. The van der Waals surface area contributed by atoms with Gasteiger partial charge in [0, 0.05) is 18.8 Å². The number of nitrogen functional groups attached to an aromatic ring is 1. The van der Waals surface area contributed by atoms with Gasteiger partial charge in [0.2, 0.25) is 5.95 Å². The zero-order valence-electron chi connectivity index (χ0n) is 11.6. The van der Waals surface area contributed by atoms with Crippen molar-refractivity contribution in [2.24, 2.45) is 0 Å². The Hall–Kier alpha value is -1.75. The monoisotopic (exact) mass is 260 g/mol. The average Bonchev–Trinajstić information content (AvgIpc) is 2.69. The van der Waals surface area contributed by atoms with E-state index < -0.39 is 0 Å². The fraction of sp³-hybridized carbons (Fsp3) is 0.500. The highest BCUT2D eigenvalue weighted by molar-refractivity contribution is 5.80. The third-order valence-corrected chi connectivity index (χ3v) is 3.36. The molecule has 1 aliphatic heterocycles. The second-order valence-electron chi connectivity index (χ2n) is 5.91. The molecule has 5 nitrogen and oxygen atoms in total. The van der Waals surface area contributed by atoms with Crippen LogP contribution in [-0.4, -0.2) is 34.8 Å². The van der Waals surface area contributed by atoms with Gasteiger partial charge in [0.1, 0.15) is 0 Å². The van der Waals surface area contributed by atoms with Crippen LogP contribution in [0.25, 0.3) is 11.0 Å². The summed E-state index contributed by atoms with van der Waals surface area (Å²) in [5.41, 5.74) is 8.31. The predicted molar refractivity (Wildman–Crippen MR) is 77.3 cm³/mol.